The van der Waals surface area contributed by atoms with Crippen LogP contribution in [0.5, 0.6) is 0 Å². The van der Waals surface area contributed by atoms with Gasteiger partial charge in [-0.3, -0.25) is 4.57 Å². The van der Waals surface area contributed by atoms with Crippen LogP contribution in [0.4, 0.5) is 0 Å². The van der Waals surface area contributed by atoms with Crippen LogP contribution in [-0.2, 0) is 0 Å². The second-order valence-electron chi connectivity index (χ2n) is 4.20. The largest absolute Gasteiger partial charge is 0.292 e. The fourth-order valence-electron chi connectivity index (χ4n) is 2.06. The van der Waals surface area contributed by atoms with Crippen LogP contribution in [-0.4, -0.2) is 19.5 Å². The summed E-state index contributed by atoms with van der Waals surface area (Å²) in [6.07, 6.45) is 0. The van der Waals surface area contributed by atoms with E-state index in [0.29, 0.717) is 27.2 Å². The van der Waals surface area contributed by atoms with E-state index in [9.17, 15) is 0 Å². The molecule has 6 heteroatoms. The number of aryl methyl sites for hydroxylation is 2. The molecule has 4 nitrogen and oxygen atoms in total. The Hall–Kier alpha value is -1.65. The van der Waals surface area contributed by atoms with Gasteiger partial charge in [0.25, 0.3) is 0 Å². The summed E-state index contributed by atoms with van der Waals surface area (Å²) >= 11 is 12.1. The third kappa shape index (κ3) is 2.07. The van der Waals surface area contributed by atoms with Gasteiger partial charge in [-0.25, -0.2) is 15.0 Å². The van der Waals surface area contributed by atoms with Crippen molar-refractivity contribution in [2.24, 2.45) is 0 Å². The summed E-state index contributed by atoms with van der Waals surface area (Å²) in [5, 5.41) is 1.09. The minimum Gasteiger partial charge on any atom is -0.292 e. The van der Waals surface area contributed by atoms with Crippen LogP contribution in [0, 0.1) is 13.8 Å². The number of imidazole rings is 1. The summed E-state index contributed by atoms with van der Waals surface area (Å²) in [5.41, 5.74) is 2.25. The molecule has 0 unspecified atom stereocenters. The van der Waals surface area contributed by atoms with Crippen molar-refractivity contribution in [3.63, 3.8) is 0 Å². The molecule has 0 saturated carbocycles. The maximum Gasteiger partial charge on any atom is 0.183 e. The van der Waals surface area contributed by atoms with Gasteiger partial charge in [-0.2, -0.15) is 0 Å². The summed E-state index contributed by atoms with van der Waals surface area (Å²) < 4.78 is 1.92. The highest BCUT2D eigenvalue weighted by Gasteiger charge is 2.15. The first kappa shape index (κ1) is 12.4. The van der Waals surface area contributed by atoms with Crippen molar-refractivity contribution in [1.29, 1.82) is 0 Å². The van der Waals surface area contributed by atoms with Gasteiger partial charge in [0.05, 0.1) is 0 Å². The average molecular weight is 293 g/mol. The Morgan fingerprint density at radius 1 is 0.947 bits per heavy atom. The summed E-state index contributed by atoms with van der Waals surface area (Å²) in [6, 6.07) is 7.47. The molecule has 2 aromatic heterocycles. The molecule has 3 rings (SSSR count). The number of halogens is 2. The van der Waals surface area contributed by atoms with Gasteiger partial charge >= 0.3 is 0 Å². The predicted molar refractivity (Wildman–Crippen MR) is 76.2 cm³/mol. The van der Waals surface area contributed by atoms with E-state index in [1.807, 2.05) is 35.8 Å². The normalized spacial score (nSPS) is 11.2. The van der Waals surface area contributed by atoms with E-state index >= 15 is 0 Å². The van der Waals surface area contributed by atoms with Crippen molar-refractivity contribution < 1.29 is 0 Å². The van der Waals surface area contributed by atoms with Crippen LogP contribution in [0.3, 0.4) is 0 Å². The fourth-order valence-corrected chi connectivity index (χ4v) is 2.48. The van der Waals surface area contributed by atoms with E-state index < -0.39 is 0 Å². The molecule has 0 amide bonds. The zero-order chi connectivity index (χ0) is 13.6. The van der Waals surface area contributed by atoms with E-state index in [4.69, 9.17) is 23.2 Å². The highest BCUT2D eigenvalue weighted by molar-refractivity contribution is 6.33. The molecule has 0 atom stereocenters. The molecule has 0 bridgehead atoms. The van der Waals surface area contributed by atoms with Crippen molar-refractivity contribution in [2.75, 3.05) is 0 Å². The Morgan fingerprint density at radius 2 is 1.63 bits per heavy atom. The number of rotatable bonds is 1. The fraction of sp³-hybridized carbons (Fsp3) is 0.154. The lowest BCUT2D eigenvalue weighted by Gasteiger charge is -2.07. The Bertz CT molecular complexity index is 762. The van der Waals surface area contributed by atoms with Gasteiger partial charge in [0.15, 0.2) is 10.8 Å². The average Bonchev–Trinajstić information content (AvgIpc) is 2.66. The predicted octanol–water partition coefficient (Wildman–Crippen LogP) is 3.74. The molecule has 3 aromatic rings. The Labute approximate surface area is 120 Å². The molecule has 0 aliphatic heterocycles. The van der Waals surface area contributed by atoms with Gasteiger partial charge in [0.2, 0.25) is 0 Å². The quantitative estimate of drug-likeness (QED) is 0.642. The number of nitrogens with zero attached hydrogens (tertiary/aromatic N) is 4. The van der Waals surface area contributed by atoms with Gasteiger partial charge in [0, 0.05) is 10.7 Å². The number of aromatic nitrogens is 4. The summed E-state index contributed by atoms with van der Waals surface area (Å²) in [4.78, 5) is 12.9. The number of benzene rings is 1. The van der Waals surface area contributed by atoms with Gasteiger partial charge < -0.3 is 0 Å². The molecule has 0 N–H and O–H groups in total. The molecule has 1 aromatic carbocycles. The minimum atomic E-state index is 0.401. The molecular formula is C13H10Cl2N4. The minimum absolute atomic E-state index is 0.401. The van der Waals surface area contributed by atoms with E-state index in [-0.39, 0.29) is 0 Å². The standard InChI is InChI=1S/C13H10Cl2N4/c1-7-16-12(15)11-13(17-7)18-8(2)19(11)10-5-3-9(14)4-6-10/h3-6H,1-2H3. The van der Waals surface area contributed by atoms with Crippen LogP contribution >= 0.6 is 23.2 Å². The molecular weight excluding hydrogens is 283 g/mol. The summed E-state index contributed by atoms with van der Waals surface area (Å²) in [5.74, 6) is 1.41. The lowest BCUT2D eigenvalue weighted by molar-refractivity contribution is 0.998. The molecule has 0 spiro atoms. The molecule has 0 aliphatic carbocycles. The second kappa shape index (κ2) is 4.47. The summed E-state index contributed by atoms with van der Waals surface area (Å²) in [7, 11) is 0. The monoisotopic (exact) mass is 292 g/mol. The van der Waals surface area contributed by atoms with Crippen molar-refractivity contribution in [3.8, 4) is 5.69 Å². The first-order valence-electron chi connectivity index (χ1n) is 5.71. The Kier molecular flexibility index (Phi) is 2.92. The lowest BCUT2D eigenvalue weighted by Crippen LogP contribution is -1.98. The van der Waals surface area contributed by atoms with Gasteiger partial charge in [-0.15, -0.1) is 0 Å². The maximum absolute atomic E-state index is 6.22. The molecule has 0 aliphatic rings. The third-order valence-corrected chi connectivity index (χ3v) is 3.35. The first-order valence-corrected chi connectivity index (χ1v) is 6.47. The highest BCUT2D eigenvalue weighted by atomic mass is 35.5. The maximum atomic E-state index is 6.22. The number of hydrogen-bond acceptors (Lipinski definition) is 3. The smallest absolute Gasteiger partial charge is 0.183 e. The highest BCUT2D eigenvalue weighted by Crippen LogP contribution is 2.26. The SMILES string of the molecule is Cc1nc(Cl)c2c(n1)nc(C)n2-c1ccc(Cl)cc1. The van der Waals surface area contributed by atoms with Gasteiger partial charge in [-0.1, -0.05) is 23.2 Å². The zero-order valence-corrected chi connectivity index (χ0v) is 11.9. The topological polar surface area (TPSA) is 43.6 Å². The third-order valence-electron chi connectivity index (χ3n) is 2.83. The number of hydrogen-bond donors (Lipinski definition) is 0. The van der Waals surface area contributed by atoms with Crippen LogP contribution in [0.25, 0.3) is 16.9 Å². The Morgan fingerprint density at radius 3 is 2.32 bits per heavy atom. The van der Waals surface area contributed by atoms with E-state index in [1.165, 1.54) is 0 Å². The van der Waals surface area contributed by atoms with Crippen LogP contribution in [0.2, 0.25) is 10.2 Å². The van der Waals surface area contributed by atoms with Crippen molar-refractivity contribution in [2.45, 2.75) is 13.8 Å². The van der Waals surface area contributed by atoms with E-state index in [2.05, 4.69) is 15.0 Å². The van der Waals surface area contributed by atoms with E-state index in [1.54, 1.807) is 6.92 Å². The van der Waals surface area contributed by atoms with Crippen LogP contribution < -0.4 is 0 Å². The van der Waals surface area contributed by atoms with Crippen molar-refractivity contribution in [1.82, 2.24) is 19.5 Å². The Balaban J connectivity index is 2.34. The zero-order valence-electron chi connectivity index (χ0n) is 10.4. The van der Waals surface area contributed by atoms with Gasteiger partial charge in [-0.05, 0) is 38.1 Å². The number of fused-ring (bicyclic) bond motifs is 1. The molecule has 19 heavy (non-hydrogen) atoms. The molecule has 0 fully saturated rings. The molecule has 0 radical (unpaired) electrons. The lowest BCUT2D eigenvalue weighted by atomic mass is 10.3. The molecule has 96 valence electrons. The molecule has 0 saturated heterocycles. The first-order chi connectivity index (χ1) is 9.06. The van der Waals surface area contributed by atoms with Crippen LogP contribution in [0.15, 0.2) is 24.3 Å². The van der Waals surface area contributed by atoms with Crippen molar-refractivity contribution >= 4 is 34.4 Å². The van der Waals surface area contributed by atoms with Crippen LogP contribution in [0.1, 0.15) is 11.6 Å². The van der Waals surface area contributed by atoms with E-state index in [0.717, 1.165) is 11.5 Å². The second-order valence-corrected chi connectivity index (χ2v) is 5.00. The summed E-state index contributed by atoms with van der Waals surface area (Å²) in [6.45, 7) is 3.70. The molecule has 2 heterocycles. The van der Waals surface area contributed by atoms with Gasteiger partial charge in [0.1, 0.15) is 17.2 Å². The van der Waals surface area contributed by atoms with Crippen molar-refractivity contribution in [3.05, 3.63) is 46.1 Å².